The van der Waals surface area contributed by atoms with E-state index in [0.717, 1.165) is 4.68 Å². The van der Waals surface area contributed by atoms with Crippen molar-refractivity contribution in [3.05, 3.63) is 27.8 Å². The van der Waals surface area contributed by atoms with Crippen LogP contribution in [0.1, 0.15) is 19.0 Å². The third-order valence-corrected chi connectivity index (χ3v) is 3.54. The van der Waals surface area contributed by atoms with E-state index >= 15 is 0 Å². The Hall–Kier alpha value is -1.70. The van der Waals surface area contributed by atoms with Gasteiger partial charge in [-0.3, -0.25) is 10.1 Å². The maximum atomic E-state index is 11.8. The van der Waals surface area contributed by atoms with Crippen molar-refractivity contribution in [2.24, 2.45) is 0 Å². The predicted molar refractivity (Wildman–Crippen MR) is 61.3 cm³/mol. The minimum atomic E-state index is -3.88. The van der Waals surface area contributed by atoms with E-state index in [1.807, 2.05) is 6.92 Å². The number of aryl methyl sites for hydroxylation is 2. The molecule has 1 rings (SSSR count). The van der Waals surface area contributed by atoms with E-state index in [0.29, 0.717) is 18.4 Å². The molecule has 0 saturated heterocycles. The lowest BCUT2D eigenvalue weighted by atomic mass is 10.4. The Morgan fingerprint density at radius 2 is 2.18 bits per heavy atom. The van der Waals surface area contributed by atoms with E-state index in [1.165, 1.54) is 6.92 Å². The summed E-state index contributed by atoms with van der Waals surface area (Å²) in [6.45, 7) is 6.71. The van der Waals surface area contributed by atoms with Gasteiger partial charge in [-0.05, 0) is 13.3 Å². The first-order chi connectivity index (χ1) is 7.85. The van der Waals surface area contributed by atoms with Crippen LogP contribution in [-0.4, -0.2) is 23.1 Å². The van der Waals surface area contributed by atoms with Crippen molar-refractivity contribution in [3.63, 3.8) is 0 Å². The van der Waals surface area contributed by atoms with Gasteiger partial charge in [0.1, 0.15) is 5.69 Å². The molecule has 7 nitrogen and oxygen atoms in total. The van der Waals surface area contributed by atoms with Gasteiger partial charge >= 0.3 is 5.69 Å². The molecular weight excluding hydrogens is 246 g/mol. The average Bonchev–Trinajstić information content (AvgIpc) is 2.56. The van der Waals surface area contributed by atoms with Crippen LogP contribution in [0.3, 0.4) is 0 Å². The molecule has 94 valence electrons. The second-order valence-electron chi connectivity index (χ2n) is 3.43. The van der Waals surface area contributed by atoms with E-state index in [1.54, 1.807) is 0 Å². The van der Waals surface area contributed by atoms with Crippen molar-refractivity contribution in [1.82, 2.24) is 9.78 Å². The Labute approximate surface area is 98.8 Å². The second-order valence-corrected chi connectivity index (χ2v) is 5.24. The quantitative estimate of drug-likeness (QED) is 0.588. The molecule has 17 heavy (non-hydrogen) atoms. The molecule has 0 aliphatic heterocycles. The van der Waals surface area contributed by atoms with Gasteiger partial charge < -0.3 is 0 Å². The lowest BCUT2D eigenvalue weighted by Crippen LogP contribution is -2.10. The van der Waals surface area contributed by atoms with Crippen LogP contribution in [0.2, 0.25) is 0 Å². The van der Waals surface area contributed by atoms with Crippen LogP contribution < -0.4 is 0 Å². The molecular formula is C9H13N3O4S. The standard InChI is InChI=1S/C9H13N3O4S/c1-4-6-11-9(17(15,16)5-2)8(12(13)14)7(3)10-11/h5H,2,4,6H2,1,3H3. The Bertz CT molecular complexity index is 559. The minimum Gasteiger partial charge on any atom is -0.258 e. The molecule has 0 spiro atoms. The van der Waals surface area contributed by atoms with Crippen molar-refractivity contribution in [3.8, 4) is 0 Å². The van der Waals surface area contributed by atoms with Crippen molar-refractivity contribution in [2.45, 2.75) is 31.8 Å². The molecule has 0 fully saturated rings. The van der Waals surface area contributed by atoms with Gasteiger partial charge in [0.2, 0.25) is 14.9 Å². The zero-order chi connectivity index (χ0) is 13.2. The molecule has 0 saturated carbocycles. The summed E-state index contributed by atoms with van der Waals surface area (Å²) in [5, 5.41) is 15.1. The SMILES string of the molecule is C=CS(=O)(=O)c1c([N+](=O)[O-])c(C)nn1CCC. The highest BCUT2D eigenvalue weighted by Gasteiger charge is 2.32. The molecule has 8 heteroatoms. The first-order valence-corrected chi connectivity index (χ1v) is 6.49. The number of aromatic nitrogens is 2. The first kappa shape index (κ1) is 13.4. The van der Waals surface area contributed by atoms with Gasteiger partial charge in [-0.15, -0.1) is 0 Å². The second kappa shape index (κ2) is 4.66. The Kier molecular flexibility index (Phi) is 3.66. The lowest BCUT2D eigenvalue weighted by Gasteiger charge is -2.02. The molecule has 0 amide bonds. The van der Waals surface area contributed by atoms with E-state index in [-0.39, 0.29) is 5.69 Å². The zero-order valence-electron chi connectivity index (χ0n) is 9.58. The molecule has 0 aromatic carbocycles. The van der Waals surface area contributed by atoms with Crippen LogP contribution in [0.5, 0.6) is 0 Å². The van der Waals surface area contributed by atoms with Gasteiger partial charge in [0, 0.05) is 12.0 Å². The van der Waals surface area contributed by atoms with Crippen LogP contribution in [-0.2, 0) is 16.4 Å². The smallest absolute Gasteiger partial charge is 0.258 e. The van der Waals surface area contributed by atoms with E-state index in [4.69, 9.17) is 0 Å². The number of hydrogen-bond donors (Lipinski definition) is 0. The monoisotopic (exact) mass is 259 g/mol. The summed E-state index contributed by atoms with van der Waals surface area (Å²) >= 11 is 0. The molecule has 0 atom stereocenters. The van der Waals surface area contributed by atoms with E-state index < -0.39 is 25.5 Å². The summed E-state index contributed by atoms with van der Waals surface area (Å²) < 4.78 is 24.6. The highest BCUT2D eigenvalue weighted by Crippen LogP contribution is 2.28. The van der Waals surface area contributed by atoms with Gasteiger partial charge in [0.25, 0.3) is 0 Å². The van der Waals surface area contributed by atoms with Crippen molar-refractivity contribution < 1.29 is 13.3 Å². The van der Waals surface area contributed by atoms with Crippen molar-refractivity contribution >= 4 is 15.5 Å². The Balaban J connectivity index is 3.63. The zero-order valence-corrected chi connectivity index (χ0v) is 10.4. The third kappa shape index (κ3) is 2.36. The number of rotatable bonds is 5. The summed E-state index contributed by atoms with van der Waals surface area (Å²) in [6.07, 6.45) is 0.623. The lowest BCUT2D eigenvalue weighted by molar-refractivity contribution is -0.388. The molecule has 0 N–H and O–H groups in total. The number of nitro groups is 1. The van der Waals surface area contributed by atoms with Crippen molar-refractivity contribution in [1.29, 1.82) is 0 Å². The number of nitrogens with zero attached hydrogens (tertiary/aromatic N) is 3. The van der Waals surface area contributed by atoms with Crippen molar-refractivity contribution in [2.75, 3.05) is 0 Å². The van der Waals surface area contributed by atoms with E-state index in [2.05, 4.69) is 11.7 Å². The molecule has 0 radical (unpaired) electrons. The maximum Gasteiger partial charge on any atom is 0.329 e. The highest BCUT2D eigenvalue weighted by atomic mass is 32.2. The molecule has 0 aliphatic rings. The largest absolute Gasteiger partial charge is 0.329 e. The summed E-state index contributed by atoms with van der Waals surface area (Å²) in [6, 6.07) is 0. The van der Waals surface area contributed by atoms with Gasteiger partial charge in [-0.1, -0.05) is 13.5 Å². The summed E-state index contributed by atoms with van der Waals surface area (Å²) in [4.78, 5) is 10.1. The van der Waals surface area contributed by atoms with Gasteiger partial charge in [-0.25, -0.2) is 13.1 Å². The van der Waals surface area contributed by atoms with Crippen LogP contribution >= 0.6 is 0 Å². The average molecular weight is 259 g/mol. The predicted octanol–water partition coefficient (Wildman–Crippen LogP) is 1.43. The highest BCUT2D eigenvalue weighted by molar-refractivity contribution is 7.94. The molecule has 1 aromatic heterocycles. The Morgan fingerprint density at radius 1 is 1.59 bits per heavy atom. The fraction of sp³-hybridized carbons (Fsp3) is 0.444. The maximum absolute atomic E-state index is 11.8. The number of sulfone groups is 1. The fourth-order valence-electron chi connectivity index (χ4n) is 1.48. The van der Waals surface area contributed by atoms with Crippen LogP contribution in [0.15, 0.2) is 17.0 Å². The van der Waals surface area contributed by atoms with Crippen LogP contribution in [0.4, 0.5) is 5.69 Å². The molecule has 0 aliphatic carbocycles. The van der Waals surface area contributed by atoms with Gasteiger partial charge in [-0.2, -0.15) is 5.10 Å². The minimum absolute atomic E-state index is 0.0869. The van der Waals surface area contributed by atoms with Gasteiger partial charge in [0.15, 0.2) is 0 Å². The van der Waals surface area contributed by atoms with E-state index in [9.17, 15) is 18.5 Å². The molecule has 0 bridgehead atoms. The molecule has 1 aromatic rings. The molecule has 1 heterocycles. The summed E-state index contributed by atoms with van der Waals surface area (Å²) in [5.74, 6) is 0. The van der Waals surface area contributed by atoms with Gasteiger partial charge in [0.05, 0.1) is 4.92 Å². The molecule has 0 unspecified atom stereocenters. The number of hydrogen-bond acceptors (Lipinski definition) is 5. The van der Waals surface area contributed by atoms with Crippen LogP contribution in [0.25, 0.3) is 0 Å². The Morgan fingerprint density at radius 3 is 2.59 bits per heavy atom. The third-order valence-electron chi connectivity index (χ3n) is 2.16. The van der Waals surface area contributed by atoms with Crippen LogP contribution in [0, 0.1) is 17.0 Å². The summed E-state index contributed by atoms with van der Waals surface area (Å²) in [7, 11) is -3.88. The topological polar surface area (TPSA) is 95.1 Å². The first-order valence-electron chi connectivity index (χ1n) is 4.94. The normalized spacial score (nSPS) is 11.4. The fourth-order valence-corrected chi connectivity index (χ4v) is 2.56. The summed E-state index contributed by atoms with van der Waals surface area (Å²) in [5.41, 5.74) is -0.387.